The highest BCUT2D eigenvalue weighted by molar-refractivity contribution is 7.80. The summed E-state index contributed by atoms with van der Waals surface area (Å²) >= 11 is 5.10. The first kappa shape index (κ1) is 17.2. The minimum Gasteiger partial charge on any atom is -0.454 e. The van der Waals surface area contributed by atoms with Crippen LogP contribution in [0.4, 0.5) is 18.9 Å². The van der Waals surface area contributed by atoms with Crippen molar-refractivity contribution in [2.75, 3.05) is 12.2 Å². The molecular weight excluding hydrogens is 355 g/mol. The zero-order chi connectivity index (χ0) is 17.9. The second-order valence-electron chi connectivity index (χ2n) is 5.20. The monoisotopic (exact) mass is 369 g/mol. The number of thiocarbonyl (C=S) groups is 1. The maximum atomic E-state index is 12.7. The number of hydrazine groups is 1. The van der Waals surface area contributed by atoms with Crippen molar-refractivity contribution in [2.24, 2.45) is 0 Å². The van der Waals surface area contributed by atoms with E-state index in [1.165, 1.54) is 12.1 Å². The van der Waals surface area contributed by atoms with Gasteiger partial charge in [0.25, 0.3) is 0 Å². The predicted molar refractivity (Wildman–Crippen MR) is 90.2 cm³/mol. The smallest absolute Gasteiger partial charge is 0.416 e. The van der Waals surface area contributed by atoms with Gasteiger partial charge in [-0.15, -0.1) is 0 Å². The Morgan fingerprint density at radius 2 is 1.88 bits per heavy atom. The van der Waals surface area contributed by atoms with E-state index in [9.17, 15) is 13.2 Å². The van der Waals surface area contributed by atoms with Crippen LogP contribution in [-0.4, -0.2) is 11.9 Å². The average molecular weight is 369 g/mol. The van der Waals surface area contributed by atoms with Crippen molar-refractivity contribution >= 4 is 23.0 Å². The predicted octanol–water partition coefficient (Wildman–Crippen LogP) is 3.43. The molecule has 25 heavy (non-hydrogen) atoms. The fourth-order valence-corrected chi connectivity index (χ4v) is 2.30. The van der Waals surface area contributed by atoms with E-state index in [1.807, 2.05) is 12.1 Å². The maximum absolute atomic E-state index is 12.7. The topological polar surface area (TPSA) is 54.5 Å². The van der Waals surface area contributed by atoms with Crippen LogP contribution in [0.5, 0.6) is 11.5 Å². The second kappa shape index (κ2) is 7.06. The Morgan fingerprint density at radius 3 is 2.68 bits per heavy atom. The molecule has 5 nitrogen and oxygen atoms in total. The van der Waals surface area contributed by atoms with E-state index in [0.29, 0.717) is 18.0 Å². The number of benzene rings is 2. The van der Waals surface area contributed by atoms with E-state index in [0.717, 1.165) is 17.7 Å². The van der Waals surface area contributed by atoms with Crippen LogP contribution in [-0.2, 0) is 12.7 Å². The third-order valence-electron chi connectivity index (χ3n) is 3.40. The lowest BCUT2D eigenvalue weighted by Gasteiger charge is -2.14. The largest absolute Gasteiger partial charge is 0.454 e. The number of anilines is 1. The van der Waals surface area contributed by atoms with Crippen molar-refractivity contribution in [1.82, 2.24) is 10.7 Å². The molecule has 9 heteroatoms. The fourth-order valence-electron chi connectivity index (χ4n) is 2.18. The third-order valence-corrected chi connectivity index (χ3v) is 3.65. The van der Waals surface area contributed by atoms with E-state index in [-0.39, 0.29) is 17.6 Å². The number of hydrogen-bond acceptors (Lipinski definition) is 4. The first-order chi connectivity index (χ1) is 11.9. The van der Waals surface area contributed by atoms with Crippen LogP contribution in [0.3, 0.4) is 0 Å². The summed E-state index contributed by atoms with van der Waals surface area (Å²) in [6.07, 6.45) is -4.39. The number of alkyl halides is 3. The van der Waals surface area contributed by atoms with E-state index >= 15 is 0 Å². The van der Waals surface area contributed by atoms with E-state index in [4.69, 9.17) is 21.7 Å². The molecule has 0 unspecified atom stereocenters. The van der Waals surface area contributed by atoms with Gasteiger partial charge in [0, 0.05) is 6.54 Å². The summed E-state index contributed by atoms with van der Waals surface area (Å²) in [6, 6.07) is 10.3. The number of hydrogen-bond donors (Lipinski definition) is 3. The van der Waals surface area contributed by atoms with Crippen molar-refractivity contribution in [3.63, 3.8) is 0 Å². The quantitative estimate of drug-likeness (QED) is 0.567. The molecular formula is C16H14F3N3O2S. The van der Waals surface area contributed by atoms with Crippen molar-refractivity contribution in [1.29, 1.82) is 0 Å². The van der Waals surface area contributed by atoms with Gasteiger partial charge in [0.2, 0.25) is 6.79 Å². The summed E-state index contributed by atoms with van der Waals surface area (Å²) in [5.74, 6) is 1.36. The van der Waals surface area contributed by atoms with Crippen LogP contribution < -0.4 is 25.6 Å². The summed E-state index contributed by atoms with van der Waals surface area (Å²) in [6.45, 7) is 0.625. The Labute approximate surface area is 147 Å². The minimum atomic E-state index is -4.39. The molecule has 0 amide bonds. The van der Waals surface area contributed by atoms with Gasteiger partial charge in [-0.2, -0.15) is 13.2 Å². The van der Waals surface area contributed by atoms with Gasteiger partial charge >= 0.3 is 6.18 Å². The molecule has 1 heterocycles. The van der Waals surface area contributed by atoms with Crippen molar-refractivity contribution in [3.05, 3.63) is 53.6 Å². The van der Waals surface area contributed by atoms with Crippen molar-refractivity contribution in [2.45, 2.75) is 12.7 Å². The highest BCUT2D eigenvalue weighted by Crippen LogP contribution is 2.32. The number of rotatable bonds is 4. The summed E-state index contributed by atoms with van der Waals surface area (Å²) in [5, 5.41) is 3.19. The lowest BCUT2D eigenvalue weighted by molar-refractivity contribution is -0.137. The molecule has 0 saturated carbocycles. The molecule has 1 aliphatic heterocycles. The van der Waals surface area contributed by atoms with Crippen molar-refractivity contribution < 1.29 is 22.6 Å². The Hall–Kier alpha value is -2.68. The van der Waals surface area contributed by atoms with E-state index in [2.05, 4.69) is 16.2 Å². The third kappa shape index (κ3) is 4.44. The summed E-state index contributed by atoms with van der Waals surface area (Å²) in [4.78, 5) is 0. The van der Waals surface area contributed by atoms with Gasteiger partial charge in [0.05, 0.1) is 11.3 Å². The number of nitrogens with one attached hydrogen (secondary N) is 3. The average Bonchev–Trinajstić information content (AvgIpc) is 3.05. The molecule has 0 radical (unpaired) electrons. The SMILES string of the molecule is FC(F)(F)c1cccc(NNC(=S)NCc2ccc3c(c2)OCO3)c1. The molecule has 0 aromatic heterocycles. The minimum absolute atomic E-state index is 0.201. The van der Waals surface area contributed by atoms with Crippen LogP contribution in [0.2, 0.25) is 0 Å². The maximum Gasteiger partial charge on any atom is 0.416 e. The van der Waals surface area contributed by atoms with Gasteiger partial charge in [-0.05, 0) is 48.1 Å². The van der Waals surface area contributed by atoms with Crippen LogP contribution >= 0.6 is 12.2 Å². The number of ether oxygens (including phenoxy) is 2. The highest BCUT2D eigenvalue weighted by Gasteiger charge is 2.30. The van der Waals surface area contributed by atoms with Crippen LogP contribution in [0.1, 0.15) is 11.1 Å². The van der Waals surface area contributed by atoms with Gasteiger partial charge in [-0.3, -0.25) is 10.9 Å². The lowest BCUT2D eigenvalue weighted by atomic mass is 10.2. The summed E-state index contributed by atoms with van der Waals surface area (Å²) in [7, 11) is 0. The molecule has 3 N–H and O–H groups in total. The molecule has 3 rings (SSSR count). The molecule has 0 bridgehead atoms. The van der Waals surface area contributed by atoms with E-state index in [1.54, 1.807) is 6.07 Å². The molecule has 132 valence electrons. The summed E-state index contributed by atoms with van der Waals surface area (Å²) in [5.41, 5.74) is 5.72. The zero-order valence-corrected chi connectivity index (χ0v) is 13.6. The summed E-state index contributed by atoms with van der Waals surface area (Å²) < 4.78 is 48.5. The normalized spacial score (nSPS) is 12.6. The standard InChI is InChI=1S/C16H14F3N3O2S/c17-16(18,19)11-2-1-3-12(7-11)21-22-15(25)20-8-10-4-5-13-14(6-10)24-9-23-13/h1-7,21H,8-9H2,(H2,20,22,25). The van der Waals surface area contributed by atoms with Gasteiger partial charge in [0.15, 0.2) is 16.6 Å². The highest BCUT2D eigenvalue weighted by atomic mass is 32.1. The van der Waals surface area contributed by atoms with Crippen LogP contribution in [0.25, 0.3) is 0 Å². The second-order valence-corrected chi connectivity index (χ2v) is 5.61. The molecule has 0 fully saturated rings. The molecule has 1 aliphatic rings. The molecule has 2 aromatic carbocycles. The van der Waals surface area contributed by atoms with Crippen LogP contribution in [0, 0.1) is 0 Å². The lowest BCUT2D eigenvalue weighted by Crippen LogP contribution is -2.38. The molecule has 0 spiro atoms. The van der Waals surface area contributed by atoms with Crippen molar-refractivity contribution in [3.8, 4) is 11.5 Å². The number of fused-ring (bicyclic) bond motifs is 1. The number of halogens is 3. The molecule has 0 saturated heterocycles. The Balaban J connectivity index is 1.50. The first-order valence-electron chi connectivity index (χ1n) is 7.27. The van der Waals surface area contributed by atoms with Gasteiger partial charge in [-0.25, -0.2) is 0 Å². The molecule has 0 atom stereocenters. The zero-order valence-electron chi connectivity index (χ0n) is 12.8. The van der Waals surface area contributed by atoms with Gasteiger partial charge < -0.3 is 14.8 Å². The molecule has 0 aliphatic carbocycles. The fraction of sp³-hybridized carbons (Fsp3) is 0.188. The van der Waals surface area contributed by atoms with E-state index < -0.39 is 11.7 Å². The van der Waals surface area contributed by atoms with Crippen LogP contribution in [0.15, 0.2) is 42.5 Å². The van der Waals surface area contributed by atoms with Gasteiger partial charge in [0.1, 0.15) is 0 Å². The first-order valence-corrected chi connectivity index (χ1v) is 7.68. The Bertz CT molecular complexity index is 783. The van der Waals surface area contributed by atoms with Gasteiger partial charge in [-0.1, -0.05) is 12.1 Å². The Kier molecular flexibility index (Phi) is 4.84. The molecule has 2 aromatic rings. The Morgan fingerprint density at radius 1 is 1.08 bits per heavy atom.